The Kier molecular flexibility index (Phi) is 13.9. The molecule has 9 nitrogen and oxygen atoms in total. The largest absolute Gasteiger partial charge is 0.497 e. The lowest BCUT2D eigenvalue weighted by molar-refractivity contribution is -0.149. The van der Waals surface area contributed by atoms with E-state index in [4.69, 9.17) is 23.7 Å². The number of hydrogen-bond acceptors (Lipinski definition) is 7. The van der Waals surface area contributed by atoms with Crippen LogP contribution >= 0.6 is 0 Å². The predicted molar refractivity (Wildman–Crippen MR) is 140 cm³/mol. The number of ether oxygens (including phenoxy) is 5. The maximum atomic E-state index is 12.9. The van der Waals surface area contributed by atoms with Gasteiger partial charge in [-0.1, -0.05) is 38.0 Å². The number of nitrogens with zero attached hydrogens (tertiary/aromatic N) is 1. The number of aliphatic carboxylic acids is 1. The zero-order valence-electron chi connectivity index (χ0n) is 22.0. The van der Waals surface area contributed by atoms with Gasteiger partial charge in [0.2, 0.25) is 0 Å². The third-order valence-electron chi connectivity index (χ3n) is 5.52. The second kappa shape index (κ2) is 17.2. The standard InChI is InChI=1S/C28H39NO8/c1-4-6-7-17-34-18-15-29(28(32)37-25-10-8-9-24(21-25)33-3)16-19-36-23-13-11-22(12-14-23)20-26(27(30)31)35-5-2/h8-14,21,26H,4-7,15-20H2,1-3H3,(H,30,31). The van der Waals surface area contributed by atoms with Gasteiger partial charge in [0, 0.05) is 32.2 Å². The Hall–Kier alpha value is -3.30. The molecule has 0 radical (unpaired) electrons. The number of carbonyl (C=O) groups is 2. The Morgan fingerprint density at radius 2 is 1.65 bits per heavy atom. The summed E-state index contributed by atoms with van der Waals surface area (Å²) >= 11 is 0. The summed E-state index contributed by atoms with van der Waals surface area (Å²) in [5.41, 5.74) is 0.830. The van der Waals surface area contributed by atoms with E-state index in [1.807, 2.05) is 12.1 Å². The van der Waals surface area contributed by atoms with Gasteiger partial charge in [-0.3, -0.25) is 0 Å². The molecule has 1 amide bonds. The summed E-state index contributed by atoms with van der Waals surface area (Å²) in [7, 11) is 1.55. The minimum Gasteiger partial charge on any atom is -0.497 e. The third-order valence-corrected chi connectivity index (χ3v) is 5.52. The molecule has 0 heterocycles. The van der Waals surface area contributed by atoms with E-state index in [2.05, 4.69) is 6.92 Å². The van der Waals surface area contributed by atoms with Crippen molar-refractivity contribution in [2.75, 3.05) is 46.6 Å². The molecule has 0 aromatic heterocycles. The molecule has 0 saturated heterocycles. The van der Waals surface area contributed by atoms with E-state index >= 15 is 0 Å². The quantitative estimate of drug-likeness (QED) is 0.281. The number of carboxylic acid groups (broad SMARTS) is 1. The van der Waals surface area contributed by atoms with Gasteiger partial charge in [-0.15, -0.1) is 0 Å². The monoisotopic (exact) mass is 517 g/mol. The summed E-state index contributed by atoms with van der Waals surface area (Å²) in [6.45, 7) is 6.20. The van der Waals surface area contributed by atoms with E-state index < -0.39 is 18.2 Å². The van der Waals surface area contributed by atoms with Crippen molar-refractivity contribution in [2.45, 2.75) is 45.6 Å². The van der Waals surface area contributed by atoms with Gasteiger partial charge in [0.1, 0.15) is 23.9 Å². The molecule has 37 heavy (non-hydrogen) atoms. The Bertz CT molecular complexity index is 934. The molecular weight excluding hydrogens is 478 g/mol. The molecule has 0 aliphatic carbocycles. The van der Waals surface area contributed by atoms with Crippen molar-refractivity contribution in [3.8, 4) is 17.2 Å². The fraction of sp³-hybridized carbons (Fsp3) is 0.500. The third kappa shape index (κ3) is 11.5. The van der Waals surface area contributed by atoms with Crippen molar-refractivity contribution in [1.82, 2.24) is 4.90 Å². The summed E-state index contributed by atoms with van der Waals surface area (Å²) in [5.74, 6) is 0.613. The molecule has 0 spiro atoms. The number of hydrogen-bond donors (Lipinski definition) is 1. The minimum absolute atomic E-state index is 0.249. The molecule has 0 aliphatic heterocycles. The molecule has 204 valence electrons. The van der Waals surface area contributed by atoms with Crippen molar-refractivity contribution in [1.29, 1.82) is 0 Å². The van der Waals surface area contributed by atoms with Crippen LogP contribution in [0, 0.1) is 0 Å². The number of rotatable bonds is 18. The van der Waals surface area contributed by atoms with Crippen molar-refractivity contribution >= 4 is 12.1 Å². The van der Waals surface area contributed by atoms with Crippen LogP contribution in [0.25, 0.3) is 0 Å². The Morgan fingerprint density at radius 3 is 2.32 bits per heavy atom. The number of amides is 1. The summed E-state index contributed by atoms with van der Waals surface area (Å²) in [5, 5.41) is 9.26. The van der Waals surface area contributed by atoms with E-state index in [0.717, 1.165) is 24.8 Å². The Morgan fingerprint density at radius 1 is 0.919 bits per heavy atom. The molecule has 2 aromatic carbocycles. The van der Waals surface area contributed by atoms with Gasteiger partial charge in [-0.05, 0) is 43.2 Å². The van der Waals surface area contributed by atoms with Gasteiger partial charge in [0.25, 0.3) is 0 Å². The summed E-state index contributed by atoms with van der Waals surface area (Å²) < 4.78 is 27.5. The highest BCUT2D eigenvalue weighted by atomic mass is 16.6. The van der Waals surface area contributed by atoms with E-state index in [1.54, 1.807) is 55.3 Å². The normalized spacial score (nSPS) is 11.5. The minimum atomic E-state index is -0.988. The molecule has 0 saturated carbocycles. The van der Waals surface area contributed by atoms with Crippen LogP contribution in [-0.4, -0.2) is 74.8 Å². The predicted octanol–water partition coefficient (Wildman–Crippen LogP) is 4.81. The van der Waals surface area contributed by atoms with Gasteiger partial charge >= 0.3 is 12.1 Å². The maximum absolute atomic E-state index is 12.9. The zero-order valence-corrected chi connectivity index (χ0v) is 22.0. The van der Waals surface area contributed by atoms with Crippen molar-refractivity contribution in [3.63, 3.8) is 0 Å². The van der Waals surface area contributed by atoms with Crippen molar-refractivity contribution < 1.29 is 38.4 Å². The topological polar surface area (TPSA) is 104 Å². The lowest BCUT2D eigenvalue weighted by atomic mass is 10.1. The zero-order chi connectivity index (χ0) is 26.9. The lowest BCUT2D eigenvalue weighted by Crippen LogP contribution is -2.39. The summed E-state index contributed by atoms with van der Waals surface area (Å²) in [6, 6.07) is 14.0. The lowest BCUT2D eigenvalue weighted by Gasteiger charge is -2.22. The number of unbranched alkanes of at least 4 members (excludes halogenated alkanes) is 2. The van der Waals surface area contributed by atoms with E-state index in [1.165, 1.54) is 0 Å². The van der Waals surface area contributed by atoms with Crippen LogP contribution in [-0.2, 0) is 20.7 Å². The molecule has 2 aromatic rings. The number of benzene rings is 2. The first kappa shape index (κ1) is 29.9. The SMILES string of the molecule is CCCCCOCCN(CCOc1ccc(CC(OCC)C(=O)O)cc1)C(=O)Oc1cccc(OC)c1. The van der Waals surface area contributed by atoms with E-state index in [-0.39, 0.29) is 13.0 Å². The first-order valence-electron chi connectivity index (χ1n) is 12.7. The Balaban J connectivity index is 1.91. The molecule has 1 atom stereocenters. The van der Waals surface area contributed by atoms with Crippen LogP contribution in [0.5, 0.6) is 17.2 Å². The summed E-state index contributed by atoms with van der Waals surface area (Å²) in [4.78, 5) is 25.7. The highest BCUT2D eigenvalue weighted by Gasteiger charge is 2.18. The van der Waals surface area contributed by atoms with Gasteiger partial charge in [0.15, 0.2) is 6.10 Å². The van der Waals surface area contributed by atoms with Crippen LogP contribution in [0.3, 0.4) is 0 Å². The average Bonchev–Trinajstić information content (AvgIpc) is 2.90. The molecule has 0 aliphatic rings. The van der Waals surface area contributed by atoms with Crippen LogP contribution in [0.1, 0.15) is 38.7 Å². The van der Waals surface area contributed by atoms with Gasteiger partial charge in [-0.25, -0.2) is 9.59 Å². The highest BCUT2D eigenvalue weighted by Crippen LogP contribution is 2.20. The van der Waals surface area contributed by atoms with Crippen molar-refractivity contribution in [2.24, 2.45) is 0 Å². The molecular formula is C28H39NO8. The van der Waals surface area contributed by atoms with Gasteiger partial charge in [0.05, 0.1) is 20.3 Å². The van der Waals surface area contributed by atoms with Crippen LogP contribution in [0.4, 0.5) is 4.79 Å². The first-order valence-corrected chi connectivity index (χ1v) is 12.7. The molecule has 1 unspecified atom stereocenters. The highest BCUT2D eigenvalue weighted by molar-refractivity contribution is 5.72. The molecule has 9 heteroatoms. The summed E-state index contributed by atoms with van der Waals surface area (Å²) in [6.07, 6.45) is 2.10. The van der Waals surface area contributed by atoms with Crippen LogP contribution < -0.4 is 14.2 Å². The molecule has 0 fully saturated rings. The smallest absolute Gasteiger partial charge is 0.415 e. The van der Waals surface area contributed by atoms with E-state index in [0.29, 0.717) is 50.2 Å². The number of methoxy groups -OCH3 is 1. The molecule has 1 N–H and O–H groups in total. The number of carbonyl (C=O) groups excluding carboxylic acids is 1. The molecule has 0 bridgehead atoms. The van der Waals surface area contributed by atoms with Crippen molar-refractivity contribution in [3.05, 3.63) is 54.1 Å². The second-order valence-corrected chi connectivity index (χ2v) is 8.33. The fourth-order valence-corrected chi connectivity index (χ4v) is 3.48. The maximum Gasteiger partial charge on any atom is 0.415 e. The van der Waals surface area contributed by atoms with Gasteiger partial charge in [-0.2, -0.15) is 0 Å². The van der Waals surface area contributed by atoms with Crippen LogP contribution in [0.15, 0.2) is 48.5 Å². The fourth-order valence-electron chi connectivity index (χ4n) is 3.48. The average molecular weight is 518 g/mol. The second-order valence-electron chi connectivity index (χ2n) is 8.33. The van der Waals surface area contributed by atoms with E-state index in [9.17, 15) is 14.7 Å². The van der Waals surface area contributed by atoms with Gasteiger partial charge < -0.3 is 33.7 Å². The number of carboxylic acids is 1. The Labute approximate surface area is 219 Å². The molecule has 2 rings (SSSR count). The first-order chi connectivity index (χ1) is 18.0. The van der Waals surface area contributed by atoms with Crippen LogP contribution in [0.2, 0.25) is 0 Å².